The smallest absolute Gasteiger partial charge is 0.261 e. The van der Waals surface area contributed by atoms with E-state index in [0.717, 1.165) is 23.3 Å². The van der Waals surface area contributed by atoms with Gasteiger partial charge in [0.25, 0.3) is 5.56 Å². The minimum absolute atomic E-state index is 0.184. The highest BCUT2D eigenvalue weighted by molar-refractivity contribution is 7.98. The second kappa shape index (κ2) is 8.68. The summed E-state index contributed by atoms with van der Waals surface area (Å²) < 4.78 is 0. The second-order valence-corrected chi connectivity index (χ2v) is 7.91. The number of hydrogen-bond donors (Lipinski definition) is 3. The lowest BCUT2D eigenvalue weighted by molar-refractivity contribution is 0.217. The zero-order valence-corrected chi connectivity index (χ0v) is 17.0. The predicted octanol–water partition coefficient (Wildman–Crippen LogP) is 4.30. The van der Waals surface area contributed by atoms with Gasteiger partial charge in [0.1, 0.15) is 17.6 Å². The molecule has 0 saturated heterocycles. The fourth-order valence-corrected chi connectivity index (χ4v) is 4.01. The molecule has 2 heterocycles. The highest BCUT2D eigenvalue weighted by Gasteiger charge is 2.23. The molecule has 3 N–H and O–H groups in total. The van der Waals surface area contributed by atoms with Gasteiger partial charge >= 0.3 is 0 Å². The minimum atomic E-state index is -0.889. The number of fused-ring (bicyclic) bond motifs is 1. The molecule has 5 nitrogen and oxygen atoms in total. The fraction of sp³-hybridized carbons (Fsp3) is 0.217. The van der Waals surface area contributed by atoms with Crippen LogP contribution in [0.5, 0.6) is 0 Å². The molecule has 1 atom stereocenters. The van der Waals surface area contributed by atoms with E-state index in [4.69, 9.17) is 0 Å². The molecule has 0 aliphatic carbocycles. The SMILES string of the molecule is CSCCCc1nc2[nH]c(C(O)c3ccccc3)c(-c3ccccc3)c2c(=O)[nH]1. The van der Waals surface area contributed by atoms with Crippen molar-refractivity contribution in [1.82, 2.24) is 15.0 Å². The van der Waals surface area contributed by atoms with Gasteiger partial charge in [-0.1, -0.05) is 60.7 Å². The van der Waals surface area contributed by atoms with Gasteiger partial charge in [-0.3, -0.25) is 4.79 Å². The Labute approximate surface area is 173 Å². The molecule has 148 valence electrons. The third-order valence-electron chi connectivity index (χ3n) is 4.95. The Kier molecular flexibility index (Phi) is 5.83. The van der Waals surface area contributed by atoms with Gasteiger partial charge in [0.05, 0.1) is 11.1 Å². The van der Waals surface area contributed by atoms with Crippen LogP contribution in [0.2, 0.25) is 0 Å². The van der Waals surface area contributed by atoms with E-state index in [0.29, 0.717) is 34.5 Å². The molecule has 2 aromatic carbocycles. The van der Waals surface area contributed by atoms with Gasteiger partial charge in [-0.15, -0.1) is 0 Å². The van der Waals surface area contributed by atoms with Crippen LogP contribution in [-0.4, -0.2) is 32.1 Å². The van der Waals surface area contributed by atoms with Crippen LogP contribution >= 0.6 is 11.8 Å². The number of aromatic amines is 2. The molecule has 1 unspecified atom stereocenters. The van der Waals surface area contributed by atoms with Crippen LogP contribution in [0.4, 0.5) is 0 Å². The summed E-state index contributed by atoms with van der Waals surface area (Å²) in [5.74, 6) is 1.68. The summed E-state index contributed by atoms with van der Waals surface area (Å²) in [7, 11) is 0. The van der Waals surface area contributed by atoms with Crippen molar-refractivity contribution < 1.29 is 5.11 Å². The molecular formula is C23H23N3O2S. The van der Waals surface area contributed by atoms with Gasteiger partial charge < -0.3 is 15.1 Å². The van der Waals surface area contributed by atoms with Crippen LogP contribution in [0.1, 0.15) is 29.6 Å². The summed E-state index contributed by atoms with van der Waals surface area (Å²) in [6.07, 6.45) is 2.83. The summed E-state index contributed by atoms with van der Waals surface area (Å²) in [4.78, 5) is 23.8. The van der Waals surface area contributed by atoms with Crippen molar-refractivity contribution in [3.63, 3.8) is 0 Å². The van der Waals surface area contributed by atoms with E-state index in [1.807, 2.05) is 60.7 Å². The van der Waals surface area contributed by atoms with Gasteiger partial charge in [0.2, 0.25) is 0 Å². The number of benzene rings is 2. The summed E-state index contributed by atoms with van der Waals surface area (Å²) in [6, 6.07) is 19.1. The predicted molar refractivity (Wildman–Crippen MR) is 119 cm³/mol. The van der Waals surface area contributed by atoms with Crippen LogP contribution in [0, 0.1) is 0 Å². The molecule has 6 heteroatoms. The van der Waals surface area contributed by atoms with Gasteiger partial charge in [-0.05, 0) is 29.6 Å². The highest BCUT2D eigenvalue weighted by atomic mass is 32.2. The molecule has 0 amide bonds. The lowest BCUT2D eigenvalue weighted by Gasteiger charge is -2.12. The summed E-state index contributed by atoms with van der Waals surface area (Å²) in [5, 5.41) is 11.6. The minimum Gasteiger partial charge on any atom is -0.382 e. The number of hydrogen-bond acceptors (Lipinski definition) is 4. The molecule has 4 rings (SSSR count). The topological polar surface area (TPSA) is 81.8 Å². The van der Waals surface area contributed by atoms with Crippen LogP contribution < -0.4 is 5.56 Å². The first-order valence-electron chi connectivity index (χ1n) is 9.61. The van der Waals surface area contributed by atoms with E-state index in [2.05, 4.69) is 21.2 Å². The molecule has 0 aliphatic heterocycles. The maximum Gasteiger partial charge on any atom is 0.261 e. The number of nitrogens with one attached hydrogen (secondary N) is 2. The summed E-state index contributed by atoms with van der Waals surface area (Å²) in [6.45, 7) is 0. The largest absolute Gasteiger partial charge is 0.382 e. The van der Waals surface area contributed by atoms with Gasteiger partial charge in [0.15, 0.2) is 0 Å². The quantitative estimate of drug-likeness (QED) is 0.401. The Bertz CT molecular complexity index is 1150. The summed E-state index contributed by atoms with van der Waals surface area (Å²) >= 11 is 1.77. The Morgan fingerprint density at radius 2 is 1.72 bits per heavy atom. The molecule has 0 radical (unpaired) electrons. The van der Waals surface area contributed by atoms with Crippen LogP contribution in [-0.2, 0) is 6.42 Å². The van der Waals surface area contributed by atoms with Crippen molar-refractivity contribution in [1.29, 1.82) is 0 Å². The Balaban J connectivity index is 1.89. The van der Waals surface area contributed by atoms with Gasteiger partial charge in [-0.2, -0.15) is 11.8 Å². The number of thioether (sulfide) groups is 1. The van der Waals surface area contributed by atoms with E-state index in [-0.39, 0.29) is 5.56 Å². The van der Waals surface area contributed by atoms with Crippen molar-refractivity contribution in [2.75, 3.05) is 12.0 Å². The Hall–Kier alpha value is -2.83. The van der Waals surface area contributed by atoms with Gasteiger partial charge in [-0.25, -0.2) is 4.98 Å². The maximum atomic E-state index is 13.0. The number of aliphatic hydroxyl groups is 1. The zero-order valence-electron chi connectivity index (χ0n) is 16.2. The molecule has 0 saturated carbocycles. The Morgan fingerprint density at radius 3 is 2.41 bits per heavy atom. The Morgan fingerprint density at radius 1 is 1.03 bits per heavy atom. The molecule has 0 fully saturated rings. The number of rotatable bonds is 7. The molecule has 4 aromatic rings. The first-order valence-corrected chi connectivity index (χ1v) is 11.0. The molecule has 0 bridgehead atoms. The average molecular weight is 406 g/mol. The molecule has 2 aromatic heterocycles. The van der Waals surface area contributed by atoms with E-state index < -0.39 is 6.10 Å². The number of aryl methyl sites for hydroxylation is 1. The van der Waals surface area contributed by atoms with Crippen LogP contribution in [0.3, 0.4) is 0 Å². The van der Waals surface area contributed by atoms with Crippen molar-refractivity contribution in [3.8, 4) is 11.1 Å². The number of nitrogens with zero attached hydrogens (tertiary/aromatic N) is 1. The lowest BCUT2D eigenvalue weighted by atomic mass is 9.97. The third kappa shape index (κ3) is 3.99. The van der Waals surface area contributed by atoms with E-state index in [1.54, 1.807) is 11.8 Å². The lowest BCUT2D eigenvalue weighted by Crippen LogP contribution is -2.12. The van der Waals surface area contributed by atoms with Crippen LogP contribution in [0.15, 0.2) is 65.5 Å². The van der Waals surface area contributed by atoms with Crippen LogP contribution in [0.25, 0.3) is 22.2 Å². The molecular weight excluding hydrogens is 382 g/mol. The van der Waals surface area contributed by atoms with E-state index >= 15 is 0 Å². The van der Waals surface area contributed by atoms with Crippen molar-refractivity contribution in [2.45, 2.75) is 18.9 Å². The summed E-state index contributed by atoms with van der Waals surface area (Å²) in [5.41, 5.74) is 3.23. The third-order valence-corrected chi connectivity index (χ3v) is 5.65. The first-order chi connectivity index (χ1) is 14.2. The fourth-order valence-electron chi connectivity index (χ4n) is 3.58. The number of aliphatic hydroxyl groups excluding tert-OH is 1. The standard InChI is InChI=1S/C23H23N3O2S/c1-29-14-8-13-17-24-22-19(23(28)25-17)18(15-9-4-2-5-10-15)20(26-22)21(27)16-11-6-3-7-12-16/h2-7,9-12,21,27H,8,13-14H2,1H3,(H2,24,25,26,28). The second-order valence-electron chi connectivity index (χ2n) is 6.93. The van der Waals surface area contributed by atoms with E-state index in [1.165, 1.54) is 0 Å². The number of H-pyrrole nitrogens is 2. The molecule has 29 heavy (non-hydrogen) atoms. The monoisotopic (exact) mass is 405 g/mol. The van der Waals surface area contributed by atoms with Crippen molar-refractivity contribution >= 4 is 22.8 Å². The number of aromatic nitrogens is 3. The normalized spacial score (nSPS) is 12.3. The average Bonchev–Trinajstić information content (AvgIpc) is 3.15. The first kappa shape index (κ1) is 19.5. The maximum absolute atomic E-state index is 13.0. The van der Waals surface area contributed by atoms with Crippen molar-refractivity contribution in [2.24, 2.45) is 0 Å². The highest BCUT2D eigenvalue weighted by Crippen LogP contribution is 2.35. The molecule has 0 aliphatic rings. The van der Waals surface area contributed by atoms with Gasteiger partial charge in [0, 0.05) is 12.0 Å². The molecule has 0 spiro atoms. The zero-order chi connectivity index (χ0) is 20.2. The van der Waals surface area contributed by atoms with Crippen molar-refractivity contribution in [3.05, 3.63) is 88.1 Å². The van der Waals surface area contributed by atoms with E-state index in [9.17, 15) is 9.90 Å².